The molecule has 0 N–H and O–H groups in total. The minimum absolute atomic E-state index is 0. The molecule has 0 saturated carbocycles. The predicted molar refractivity (Wildman–Crippen MR) is 96.4 cm³/mol. The van der Waals surface area contributed by atoms with Crippen molar-refractivity contribution in [3.8, 4) is 0 Å². The first-order valence-corrected chi connectivity index (χ1v) is 7.77. The van der Waals surface area contributed by atoms with E-state index in [1.165, 1.54) is 22.3 Å². The van der Waals surface area contributed by atoms with Crippen LogP contribution in [0.25, 0.3) is 11.1 Å². The summed E-state index contributed by atoms with van der Waals surface area (Å²) in [5.74, 6) is 0. The maximum absolute atomic E-state index is 2.24. The molecule has 23 heavy (non-hydrogen) atoms. The molecule has 2 aliphatic carbocycles. The van der Waals surface area contributed by atoms with Crippen LogP contribution < -0.4 is 0 Å². The second kappa shape index (κ2) is 9.15. The molecule has 0 aliphatic heterocycles. The number of hydrogen-bond donors (Lipinski definition) is 0. The fourth-order valence-electron chi connectivity index (χ4n) is 2.70. The van der Waals surface area contributed by atoms with Crippen LogP contribution in [0.5, 0.6) is 0 Å². The molecule has 1 heteroatoms. The van der Waals surface area contributed by atoms with Crippen molar-refractivity contribution in [2.45, 2.75) is 12.8 Å². The SMILES string of the molecule is C1=CC(c2ccccc2)=C(c2ccccc2)C1.C1=CCC=C1.[Fe]. The molecule has 2 aliphatic rings. The largest absolute Gasteiger partial charge is 0.0808 e. The summed E-state index contributed by atoms with van der Waals surface area (Å²) in [6, 6.07) is 21.2. The minimum Gasteiger partial charge on any atom is -0.0808 e. The van der Waals surface area contributed by atoms with Crippen molar-refractivity contribution in [2.24, 2.45) is 0 Å². The predicted octanol–water partition coefficient (Wildman–Crippen LogP) is 6.06. The van der Waals surface area contributed by atoms with Crippen LogP contribution in [0.1, 0.15) is 24.0 Å². The Morgan fingerprint density at radius 2 is 1.17 bits per heavy atom. The average Bonchev–Trinajstić information content (AvgIpc) is 3.31. The fourth-order valence-corrected chi connectivity index (χ4v) is 2.70. The van der Waals surface area contributed by atoms with Crippen LogP contribution in [-0.2, 0) is 17.1 Å². The summed E-state index contributed by atoms with van der Waals surface area (Å²) in [6.45, 7) is 0. The Bertz CT molecular complexity index is 709. The monoisotopic (exact) mass is 340 g/mol. The van der Waals surface area contributed by atoms with E-state index in [-0.39, 0.29) is 17.1 Å². The molecule has 0 bridgehead atoms. The summed E-state index contributed by atoms with van der Waals surface area (Å²) in [7, 11) is 0. The first-order valence-electron chi connectivity index (χ1n) is 7.77. The molecular weight excluding hydrogens is 320 g/mol. The number of benzene rings is 2. The second-order valence-electron chi connectivity index (χ2n) is 5.32. The van der Waals surface area contributed by atoms with E-state index >= 15 is 0 Å². The maximum atomic E-state index is 2.24. The summed E-state index contributed by atoms with van der Waals surface area (Å²) >= 11 is 0. The van der Waals surface area contributed by atoms with Gasteiger partial charge in [-0.25, -0.2) is 0 Å². The zero-order valence-electron chi connectivity index (χ0n) is 13.0. The van der Waals surface area contributed by atoms with Crippen molar-refractivity contribution in [3.05, 3.63) is 108 Å². The first-order chi connectivity index (χ1) is 10.9. The summed E-state index contributed by atoms with van der Waals surface area (Å²) in [6.07, 6.45) is 15.0. The normalized spacial score (nSPS) is 14.4. The van der Waals surface area contributed by atoms with Crippen molar-refractivity contribution >= 4 is 11.1 Å². The second-order valence-corrected chi connectivity index (χ2v) is 5.32. The molecule has 0 fully saturated rings. The minimum atomic E-state index is 0. The first kappa shape index (κ1) is 17.3. The van der Waals surface area contributed by atoms with Gasteiger partial charge >= 0.3 is 0 Å². The molecule has 2 aromatic rings. The Morgan fingerprint density at radius 3 is 1.70 bits per heavy atom. The standard InChI is InChI=1S/C17H14.C5H6.Fe/c1-3-8-14(9-4-1)16-12-7-13-17(16)15-10-5-2-6-11-15;1-2-4-5-3-1;/h1-12H,13H2;1-4H,5H2;. The van der Waals surface area contributed by atoms with Gasteiger partial charge in [0, 0.05) is 17.1 Å². The van der Waals surface area contributed by atoms with Crippen LogP contribution in [0.2, 0.25) is 0 Å². The average molecular weight is 340 g/mol. The number of rotatable bonds is 2. The smallest absolute Gasteiger partial charge is 0 e. The molecule has 0 unspecified atom stereocenters. The van der Waals surface area contributed by atoms with E-state index in [2.05, 4.69) is 97.1 Å². The van der Waals surface area contributed by atoms with Crippen molar-refractivity contribution in [3.63, 3.8) is 0 Å². The molecule has 0 nitrogen and oxygen atoms in total. The molecule has 0 saturated heterocycles. The third kappa shape index (κ3) is 4.69. The van der Waals surface area contributed by atoms with Gasteiger partial charge in [0.2, 0.25) is 0 Å². The summed E-state index contributed by atoms with van der Waals surface area (Å²) < 4.78 is 0. The molecule has 2 aromatic carbocycles. The topological polar surface area (TPSA) is 0 Å². The number of allylic oxidation sites excluding steroid dienone is 8. The van der Waals surface area contributed by atoms with E-state index in [9.17, 15) is 0 Å². The van der Waals surface area contributed by atoms with Gasteiger partial charge in [0.15, 0.2) is 0 Å². The Hall–Kier alpha value is -2.08. The van der Waals surface area contributed by atoms with Gasteiger partial charge < -0.3 is 0 Å². The molecule has 0 amide bonds. The van der Waals surface area contributed by atoms with Crippen LogP contribution in [0.15, 0.2) is 97.1 Å². The van der Waals surface area contributed by atoms with Crippen molar-refractivity contribution in [1.82, 2.24) is 0 Å². The van der Waals surface area contributed by atoms with Crippen LogP contribution >= 0.6 is 0 Å². The van der Waals surface area contributed by atoms with Gasteiger partial charge in [0.25, 0.3) is 0 Å². The molecule has 0 aromatic heterocycles. The van der Waals surface area contributed by atoms with Gasteiger partial charge in [-0.3, -0.25) is 0 Å². The van der Waals surface area contributed by atoms with Gasteiger partial charge in [-0.2, -0.15) is 0 Å². The van der Waals surface area contributed by atoms with Gasteiger partial charge in [-0.1, -0.05) is 97.1 Å². The van der Waals surface area contributed by atoms with E-state index in [4.69, 9.17) is 0 Å². The number of hydrogen-bond acceptors (Lipinski definition) is 0. The summed E-state index contributed by atoms with van der Waals surface area (Å²) in [5, 5.41) is 0. The zero-order valence-corrected chi connectivity index (χ0v) is 14.1. The van der Waals surface area contributed by atoms with Gasteiger partial charge in [0.1, 0.15) is 0 Å². The molecular formula is C22H20Fe. The van der Waals surface area contributed by atoms with Crippen molar-refractivity contribution < 1.29 is 17.1 Å². The summed E-state index contributed by atoms with van der Waals surface area (Å²) in [4.78, 5) is 0. The quantitative estimate of drug-likeness (QED) is 0.583. The van der Waals surface area contributed by atoms with Gasteiger partial charge in [-0.05, 0) is 35.1 Å². The third-order valence-corrected chi connectivity index (χ3v) is 3.79. The molecule has 0 atom stereocenters. The fraction of sp³-hybridized carbons (Fsp3) is 0.0909. The molecule has 0 heterocycles. The Balaban J connectivity index is 0.000000276. The van der Waals surface area contributed by atoms with E-state index in [0.29, 0.717) is 0 Å². The Labute approximate surface area is 149 Å². The van der Waals surface area contributed by atoms with Crippen LogP contribution in [0.4, 0.5) is 0 Å². The molecule has 4 rings (SSSR count). The van der Waals surface area contributed by atoms with Gasteiger partial charge in [0.05, 0.1) is 0 Å². The van der Waals surface area contributed by atoms with E-state index in [1.54, 1.807) is 0 Å². The maximum Gasteiger partial charge on any atom is 0 e. The van der Waals surface area contributed by atoms with E-state index in [1.807, 2.05) is 0 Å². The van der Waals surface area contributed by atoms with E-state index < -0.39 is 0 Å². The van der Waals surface area contributed by atoms with Crippen molar-refractivity contribution in [1.29, 1.82) is 0 Å². The Kier molecular flexibility index (Phi) is 6.87. The molecule has 116 valence electrons. The Morgan fingerprint density at radius 1 is 0.609 bits per heavy atom. The zero-order chi connectivity index (χ0) is 15.0. The van der Waals surface area contributed by atoms with Crippen LogP contribution in [0, 0.1) is 0 Å². The molecule has 0 radical (unpaired) electrons. The van der Waals surface area contributed by atoms with Crippen molar-refractivity contribution in [2.75, 3.05) is 0 Å². The van der Waals surface area contributed by atoms with Crippen LogP contribution in [0.3, 0.4) is 0 Å². The third-order valence-electron chi connectivity index (χ3n) is 3.79. The van der Waals surface area contributed by atoms with Crippen LogP contribution in [-0.4, -0.2) is 0 Å². The van der Waals surface area contributed by atoms with Gasteiger partial charge in [-0.15, -0.1) is 0 Å². The van der Waals surface area contributed by atoms with E-state index in [0.717, 1.165) is 12.8 Å². The molecule has 0 spiro atoms. The summed E-state index contributed by atoms with van der Waals surface area (Å²) in [5.41, 5.74) is 5.42.